The van der Waals surface area contributed by atoms with Gasteiger partial charge in [0.1, 0.15) is 17.7 Å². The van der Waals surface area contributed by atoms with Crippen molar-refractivity contribution in [3.05, 3.63) is 65.5 Å². The third kappa shape index (κ3) is 3.16. The smallest absolute Gasteiger partial charge is 0.253 e. The molecule has 30 heavy (non-hydrogen) atoms. The van der Waals surface area contributed by atoms with Gasteiger partial charge in [0, 0.05) is 36.1 Å². The first-order valence-corrected chi connectivity index (χ1v) is 9.90. The second kappa shape index (κ2) is 7.22. The summed E-state index contributed by atoms with van der Waals surface area (Å²) in [6.45, 7) is 4.61. The van der Waals surface area contributed by atoms with Crippen molar-refractivity contribution in [3.63, 3.8) is 0 Å². The summed E-state index contributed by atoms with van der Waals surface area (Å²) >= 11 is 0. The van der Waals surface area contributed by atoms with Crippen LogP contribution in [0.5, 0.6) is 0 Å². The summed E-state index contributed by atoms with van der Waals surface area (Å²) in [6, 6.07) is 9.64. The molecule has 8 heteroatoms. The number of benzene rings is 1. The molecule has 1 atom stereocenters. The maximum absolute atomic E-state index is 12.2. The lowest BCUT2D eigenvalue weighted by Crippen LogP contribution is -2.31. The first-order valence-electron chi connectivity index (χ1n) is 9.90. The normalized spacial score (nSPS) is 14.3. The number of anilines is 1. The summed E-state index contributed by atoms with van der Waals surface area (Å²) in [5.41, 5.74) is 6.72. The highest BCUT2D eigenvalue weighted by molar-refractivity contribution is 5.99. The van der Waals surface area contributed by atoms with Crippen molar-refractivity contribution < 1.29 is 4.79 Å². The van der Waals surface area contributed by atoms with Gasteiger partial charge in [-0.3, -0.25) is 4.79 Å². The number of fused-ring (bicyclic) bond motifs is 2. The lowest BCUT2D eigenvalue weighted by atomic mass is 10.1. The van der Waals surface area contributed by atoms with Crippen LogP contribution in [0.1, 0.15) is 40.4 Å². The Morgan fingerprint density at radius 1 is 1.17 bits per heavy atom. The summed E-state index contributed by atoms with van der Waals surface area (Å²) in [7, 11) is 0. The van der Waals surface area contributed by atoms with E-state index in [1.54, 1.807) is 6.20 Å². The van der Waals surface area contributed by atoms with Crippen molar-refractivity contribution in [1.29, 1.82) is 0 Å². The number of carbonyl (C=O) groups excluding carboxylic acids is 1. The fourth-order valence-electron chi connectivity index (χ4n) is 3.79. The van der Waals surface area contributed by atoms with E-state index in [0.717, 1.165) is 45.8 Å². The van der Waals surface area contributed by atoms with E-state index in [4.69, 9.17) is 9.97 Å². The zero-order valence-electron chi connectivity index (χ0n) is 16.7. The zero-order valence-corrected chi connectivity index (χ0v) is 16.7. The maximum Gasteiger partial charge on any atom is 0.253 e. The molecule has 1 amide bonds. The minimum atomic E-state index is -0.0490. The van der Waals surface area contributed by atoms with Crippen molar-refractivity contribution in [2.24, 2.45) is 0 Å². The van der Waals surface area contributed by atoms with E-state index in [1.165, 1.54) is 6.33 Å². The first kappa shape index (κ1) is 18.2. The monoisotopic (exact) mass is 399 g/mol. The summed E-state index contributed by atoms with van der Waals surface area (Å²) in [5, 5.41) is 6.30. The molecule has 0 unspecified atom stereocenters. The number of hydrogen-bond acceptors (Lipinski definition) is 6. The van der Waals surface area contributed by atoms with Crippen molar-refractivity contribution in [1.82, 2.24) is 30.2 Å². The second-order valence-electron chi connectivity index (χ2n) is 7.41. The Morgan fingerprint density at radius 3 is 2.87 bits per heavy atom. The van der Waals surface area contributed by atoms with Gasteiger partial charge in [-0.1, -0.05) is 12.1 Å². The van der Waals surface area contributed by atoms with Crippen LogP contribution in [0.4, 0.5) is 5.82 Å². The highest BCUT2D eigenvalue weighted by atomic mass is 16.1. The minimum Gasteiger partial charge on any atom is -0.360 e. The molecule has 0 radical (unpaired) electrons. The van der Waals surface area contributed by atoms with Crippen LogP contribution in [0, 0.1) is 6.92 Å². The number of aromatic nitrogens is 5. The molecule has 1 aliphatic heterocycles. The van der Waals surface area contributed by atoms with Crippen LogP contribution >= 0.6 is 0 Å². The molecule has 0 spiro atoms. The van der Waals surface area contributed by atoms with E-state index in [2.05, 4.69) is 25.6 Å². The minimum absolute atomic E-state index is 0.0399. The zero-order chi connectivity index (χ0) is 20.7. The molecule has 0 saturated carbocycles. The Hall–Kier alpha value is -3.81. The van der Waals surface area contributed by atoms with Crippen LogP contribution in [-0.4, -0.2) is 37.4 Å². The Kier molecular flexibility index (Phi) is 4.39. The van der Waals surface area contributed by atoms with Crippen LogP contribution in [0.15, 0.2) is 42.9 Å². The molecule has 0 aliphatic carbocycles. The number of nitrogens with one attached hydrogen (secondary N) is 3. The Labute approximate surface area is 173 Å². The number of carbonyl (C=O) groups is 1. The third-order valence-corrected chi connectivity index (χ3v) is 5.37. The number of aryl methyl sites for hydroxylation is 1. The van der Waals surface area contributed by atoms with Gasteiger partial charge in [0.15, 0.2) is 0 Å². The molecular formula is C22H21N7O. The van der Waals surface area contributed by atoms with Gasteiger partial charge in [-0.2, -0.15) is 0 Å². The fourth-order valence-corrected chi connectivity index (χ4v) is 3.79. The lowest BCUT2D eigenvalue weighted by Gasteiger charge is -2.16. The Balaban J connectivity index is 1.57. The van der Waals surface area contributed by atoms with E-state index in [0.29, 0.717) is 17.9 Å². The highest BCUT2D eigenvalue weighted by Crippen LogP contribution is 2.30. The standard InChI is InChI=1S/C22H21N7O/c1-12(16-6-8-23-11-25-16)27-21-13(2)26-18-5-3-4-14(20(18)29-21)19-10-15-17(28-19)7-9-24-22(15)30/h3-6,8,10-12,28H,7,9H2,1-2H3,(H,24,30)(H,27,29)/t12-/m0/s1. The molecule has 3 N–H and O–H groups in total. The third-order valence-electron chi connectivity index (χ3n) is 5.37. The van der Waals surface area contributed by atoms with Crippen molar-refractivity contribution in [3.8, 4) is 11.3 Å². The van der Waals surface area contributed by atoms with Gasteiger partial charge < -0.3 is 15.6 Å². The summed E-state index contributed by atoms with van der Waals surface area (Å²) in [4.78, 5) is 33.5. The second-order valence-corrected chi connectivity index (χ2v) is 7.41. The number of nitrogens with zero attached hydrogens (tertiary/aromatic N) is 4. The van der Waals surface area contributed by atoms with Gasteiger partial charge >= 0.3 is 0 Å². The molecule has 3 aromatic heterocycles. The molecule has 150 valence electrons. The fraction of sp³-hybridized carbons (Fsp3) is 0.227. The molecule has 1 aromatic carbocycles. The molecule has 4 aromatic rings. The number of aromatic amines is 1. The topological polar surface area (TPSA) is 108 Å². The number of amides is 1. The van der Waals surface area contributed by atoms with Gasteiger partial charge in [-0.25, -0.2) is 19.9 Å². The van der Waals surface area contributed by atoms with Gasteiger partial charge in [0.2, 0.25) is 0 Å². The number of H-pyrrole nitrogens is 1. The van der Waals surface area contributed by atoms with Gasteiger partial charge in [0.25, 0.3) is 5.91 Å². The van der Waals surface area contributed by atoms with Crippen molar-refractivity contribution in [2.75, 3.05) is 11.9 Å². The number of rotatable bonds is 4. The average Bonchev–Trinajstić information content (AvgIpc) is 3.20. The molecule has 5 rings (SSSR count). The molecule has 0 saturated heterocycles. The van der Waals surface area contributed by atoms with Crippen LogP contribution in [-0.2, 0) is 6.42 Å². The van der Waals surface area contributed by atoms with E-state index in [-0.39, 0.29) is 11.9 Å². The molecule has 4 heterocycles. The van der Waals surface area contributed by atoms with Crippen LogP contribution in [0.2, 0.25) is 0 Å². The SMILES string of the molecule is Cc1nc2cccc(-c3cc4c([nH]3)CCNC4=O)c2nc1N[C@@H](C)c1ccncn1. The molecule has 0 fully saturated rings. The summed E-state index contributed by atoms with van der Waals surface area (Å²) < 4.78 is 0. The van der Waals surface area contributed by atoms with Crippen LogP contribution in [0.3, 0.4) is 0 Å². The van der Waals surface area contributed by atoms with Crippen LogP contribution in [0.25, 0.3) is 22.3 Å². The number of hydrogen-bond donors (Lipinski definition) is 3. The molecule has 0 bridgehead atoms. The van der Waals surface area contributed by atoms with Gasteiger partial charge in [-0.15, -0.1) is 0 Å². The average molecular weight is 399 g/mol. The van der Waals surface area contributed by atoms with Crippen molar-refractivity contribution in [2.45, 2.75) is 26.3 Å². The maximum atomic E-state index is 12.2. The summed E-state index contributed by atoms with van der Waals surface area (Å²) in [5.74, 6) is 0.664. The van der Waals surface area contributed by atoms with Gasteiger partial charge in [-0.05, 0) is 32.0 Å². The van der Waals surface area contributed by atoms with Gasteiger partial charge in [0.05, 0.1) is 28.5 Å². The highest BCUT2D eigenvalue weighted by Gasteiger charge is 2.21. The largest absolute Gasteiger partial charge is 0.360 e. The number of para-hydroxylation sites is 1. The van der Waals surface area contributed by atoms with E-state index < -0.39 is 0 Å². The molecule has 1 aliphatic rings. The predicted octanol–water partition coefficient (Wildman–Crippen LogP) is 3.18. The lowest BCUT2D eigenvalue weighted by molar-refractivity contribution is 0.0946. The molecule has 8 nitrogen and oxygen atoms in total. The first-order chi connectivity index (χ1) is 14.6. The molecular weight excluding hydrogens is 378 g/mol. The quantitative estimate of drug-likeness (QED) is 0.486. The Morgan fingerprint density at radius 2 is 2.07 bits per heavy atom. The van der Waals surface area contributed by atoms with E-state index >= 15 is 0 Å². The van der Waals surface area contributed by atoms with E-state index in [9.17, 15) is 4.79 Å². The van der Waals surface area contributed by atoms with E-state index in [1.807, 2.05) is 44.2 Å². The summed E-state index contributed by atoms with van der Waals surface area (Å²) in [6.07, 6.45) is 4.05. The van der Waals surface area contributed by atoms with Crippen molar-refractivity contribution >= 4 is 22.8 Å². The predicted molar refractivity (Wildman–Crippen MR) is 114 cm³/mol. The van der Waals surface area contributed by atoms with Crippen LogP contribution < -0.4 is 10.6 Å². The Bertz CT molecular complexity index is 1250.